The minimum Gasteiger partial charge on any atom is -0.480 e. The lowest BCUT2D eigenvalue weighted by Gasteiger charge is -2.11. The number of rotatable bonds is 6. The molecule has 2 N–H and O–H groups in total. The third kappa shape index (κ3) is 4.50. The second-order valence-electron chi connectivity index (χ2n) is 4.19. The zero-order chi connectivity index (χ0) is 16.2. The van der Waals surface area contributed by atoms with Crippen LogP contribution in [0.3, 0.4) is 0 Å². The maximum Gasteiger partial charge on any atom is 0.321 e. The number of halogens is 1. The van der Waals surface area contributed by atoms with Crippen molar-refractivity contribution in [3.63, 3.8) is 0 Å². The van der Waals surface area contributed by atoms with E-state index in [1.165, 1.54) is 0 Å². The van der Waals surface area contributed by atoms with Crippen molar-refractivity contribution >= 4 is 22.0 Å². The molecule has 7 nitrogen and oxygen atoms in total. The Bertz CT molecular complexity index is 658. The molecule has 9 heteroatoms. The molecule has 1 rings (SSSR count). The van der Waals surface area contributed by atoms with E-state index in [9.17, 15) is 22.4 Å². The molecule has 0 saturated carbocycles. The van der Waals surface area contributed by atoms with Gasteiger partial charge in [0.15, 0.2) is 0 Å². The molecule has 0 heterocycles. The molecule has 0 saturated heterocycles. The molecule has 116 valence electrons. The fraction of sp³-hybridized carbons (Fsp3) is 0.333. The first-order chi connectivity index (χ1) is 9.67. The molecule has 0 amide bonds. The van der Waals surface area contributed by atoms with Crippen LogP contribution < -0.4 is 4.72 Å². The second kappa shape index (κ2) is 6.64. The number of sulfonamides is 1. The summed E-state index contributed by atoms with van der Waals surface area (Å²) in [6.07, 6.45) is -0.332. The second-order valence-corrected chi connectivity index (χ2v) is 5.90. The van der Waals surface area contributed by atoms with Crippen LogP contribution in [0, 0.1) is 5.82 Å². The maximum absolute atomic E-state index is 13.8. The summed E-state index contributed by atoms with van der Waals surface area (Å²) in [7, 11) is -3.02. The van der Waals surface area contributed by atoms with Gasteiger partial charge in [0.05, 0.1) is 18.4 Å². The van der Waals surface area contributed by atoms with Crippen molar-refractivity contribution in [1.29, 1.82) is 0 Å². The van der Waals surface area contributed by atoms with Gasteiger partial charge in [0, 0.05) is 0 Å². The highest BCUT2D eigenvalue weighted by Gasteiger charge is 2.22. The molecule has 1 aromatic rings. The van der Waals surface area contributed by atoms with Gasteiger partial charge in [-0.05, 0) is 24.6 Å². The van der Waals surface area contributed by atoms with Gasteiger partial charge in [-0.3, -0.25) is 9.59 Å². The quantitative estimate of drug-likeness (QED) is 0.729. The molecule has 21 heavy (non-hydrogen) atoms. The normalized spacial score (nSPS) is 12.7. The van der Waals surface area contributed by atoms with E-state index in [2.05, 4.69) is 4.74 Å². The van der Waals surface area contributed by atoms with Gasteiger partial charge in [-0.2, -0.15) is 4.72 Å². The highest BCUT2D eigenvalue weighted by molar-refractivity contribution is 7.89. The number of methoxy groups -OCH3 is 1. The summed E-state index contributed by atoms with van der Waals surface area (Å²) >= 11 is 0. The SMILES string of the molecule is COC(=O)Cc1ccc(S(=O)(=O)N[C@@H](C)C(=O)O)cc1F. The summed E-state index contributed by atoms with van der Waals surface area (Å²) < 4.78 is 43.7. The van der Waals surface area contributed by atoms with E-state index in [1.54, 1.807) is 0 Å². The summed E-state index contributed by atoms with van der Waals surface area (Å²) in [5.74, 6) is -2.92. The summed E-state index contributed by atoms with van der Waals surface area (Å²) in [6, 6.07) is 1.58. The van der Waals surface area contributed by atoms with Crippen LogP contribution >= 0.6 is 0 Å². The number of carboxylic acids is 1. The first-order valence-corrected chi connectivity index (χ1v) is 7.26. The number of ether oxygens (including phenoxy) is 1. The molecular weight excluding hydrogens is 305 g/mol. The largest absolute Gasteiger partial charge is 0.480 e. The van der Waals surface area contributed by atoms with Crippen LogP contribution in [-0.4, -0.2) is 38.6 Å². The maximum atomic E-state index is 13.8. The van der Waals surface area contributed by atoms with E-state index < -0.39 is 38.7 Å². The van der Waals surface area contributed by atoms with Crippen LogP contribution in [0.1, 0.15) is 12.5 Å². The van der Waals surface area contributed by atoms with Crippen LogP contribution in [0.25, 0.3) is 0 Å². The van der Waals surface area contributed by atoms with Crippen molar-refractivity contribution in [1.82, 2.24) is 4.72 Å². The molecule has 0 aliphatic heterocycles. The lowest BCUT2D eigenvalue weighted by Crippen LogP contribution is -2.38. The molecule has 0 spiro atoms. The molecule has 0 aliphatic carbocycles. The Hall–Kier alpha value is -2.00. The third-order valence-corrected chi connectivity index (χ3v) is 4.14. The smallest absolute Gasteiger partial charge is 0.321 e. The van der Waals surface area contributed by atoms with Crippen molar-refractivity contribution < 1.29 is 32.2 Å². The summed E-state index contributed by atoms with van der Waals surface area (Å²) in [5.41, 5.74) is -0.0212. The van der Waals surface area contributed by atoms with Crippen molar-refractivity contribution in [2.24, 2.45) is 0 Å². The van der Waals surface area contributed by atoms with Crippen LogP contribution in [0.4, 0.5) is 4.39 Å². The highest BCUT2D eigenvalue weighted by Crippen LogP contribution is 2.16. The molecule has 0 unspecified atom stereocenters. The van der Waals surface area contributed by atoms with E-state index in [1.807, 2.05) is 4.72 Å². The Balaban J connectivity index is 3.02. The number of hydrogen-bond donors (Lipinski definition) is 2. The van der Waals surface area contributed by atoms with Crippen molar-refractivity contribution in [3.8, 4) is 0 Å². The van der Waals surface area contributed by atoms with Crippen molar-refractivity contribution in [3.05, 3.63) is 29.6 Å². The number of benzene rings is 1. The predicted molar refractivity (Wildman–Crippen MR) is 69.5 cm³/mol. The van der Waals surface area contributed by atoms with Gasteiger partial charge in [0.1, 0.15) is 11.9 Å². The molecule has 0 bridgehead atoms. The topological polar surface area (TPSA) is 110 Å². The fourth-order valence-corrected chi connectivity index (χ4v) is 2.63. The van der Waals surface area contributed by atoms with E-state index >= 15 is 0 Å². The first-order valence-electron chi connectivity index (χ1n) is 5.77. The fourth-order valence-electron chi connectivity index (χ4n) is 1.42. The lowest BCUT2D eigenvalue weighted by atomic mass is 10.1. The number of carboxylic acid groups (broad SMARTS) is 1. The number of esters is 1. The molecular formula is C12H14FNO6S. The zero-order valence-electron chi connectivity index (χ0n) is 11.3. The Kier molecular flexibility index (Phi) is 5.39. The Morgan fingerprint density at radius 2 is 2.05 bits per heavy atom. The van der Waals surface area contributed by atoms with E-state index in [0.717, 1.165) is 32.2 Å². The zero-order valence-corrected chi connectivity index (χ0v) is 12.1. The third-order valence-electron chi connectivity index (χ3n) is 2.60. The van der Waals surface area contributed by atoms with Crippen LogP contribution in [-0.2, 0) is 30.8 Å². The number of carbonyl (C=O) groups excluding carboxylic acids is 1. The average Bonchev–Trinajstić information content (AvgIpc) is 2.40. The molecule has 0 aromatic heterocycles. The summed E-state index contributed by atoms with van der Waals surface area (Å²) in [4.78, 5) is 21.3. The van der Waals surface area contributed by atoms with Crippen molar-refractivity contribution in [2.45, 2.75) is 24.3 Å². The summed E-state index contributed by atoms with van der Waals surface area (Å²) in [5, 5.41) is 8.66. The van der Waals surface area contributed by atoms with Gasteiger partial charge in [0.2, 0.25) is 10.0 Å². The average molecular weight is 319 g/mol. The van der Waals surface area contributed by atoms with Crippen LogP contribution in [0.15, 0.2) is 23.1 Å². The van der Waals surface area contributed by atoms with E-state index in [0.29, 0.717) is 0 Å². The van der Waals surface area contributed by atoms with E-state index in [4.69, 9.17) is 5.11 Å². The Morgan fingerprint density at radius 1 is 1.43 bits per heavy atom. The lowest BCUT2D eigenvalue weighted by molar-refractivity contribution is -0.140. The number of carbonyl (C=O) groups is 2. The van der Waals surface area contributed by atoms with Gasteiger partial charge >= 0.3 is 11.9 Å². The van der Waals surface area contributed by atoms with Crippen LogP contribution in [0.5, 0.6) is 0 Å². The molecule has 1 aromatic carbocycles. The molecule has 0 aliphatic rings. The van der Waals surface area contributed by atoms with Gasteiger partial charge in [0.25, 0.3) is 0 Å². The number of aliphatic carboxylic acids is 1. The standard InChI is InChI=1S/C12H14FNO6S/c1-7(12(16)17)14-21(18,19)9-4-3-8(10(13)6-9)5-11(15)20-2/h3-4,6-7,14H,5H2,1-2H3,(H,16,17)/t7-/m0/s1. The first kappa shape index (κ1) is 17.1. The Morgan fingerprint density at radius 3 is 2.52 bits per heavy atom. The minimum absolute atomic E-state index is 0.0212. The van der Waals surface area contributed by atoms with Gasteiger partial charge in [-0.15, -0.1) is 0 Å². The predicted octanol–water partition coefficient (Wildman–Crippen LogP) is 0.293. The minimum atomic E-state index is -4.16. The molecule has 0 fully saturated rings. The van der Waals surface area contributed by atoms with Gasteiger partial charge in [-0.25, -0.2) is 12.8 Å². The monoisotopic (exact) mass is 319 g/mol. The molecule has 1 atom stereocenters. The Labute approximate surface area is 120 Å². The van der Waals surface area contributed by atoms with E-state index in [-0.39, 0.29) is 12.0 Å². The van der Waals surface area contributed by atoms with Crippen molar-refractivity contribution in [2.75, 3.05) is 7.11 Å². The molecule has 0 radical (unpaired) electrons. The van der Waals surface area contributed by atoms with Gasteiger partial charge in [-0.1, -0.05) is 6.07 Å². The number of nitrogens with one attached hydrogen (secondary N) is 1. The highest BCUT2D eigenvalue weighted by atomic mass is 32.2. The van der Waals surface area contributed by atoms with Crippen LogP contribution in [0.2, 0.25) is 0 Å². The number of hydrogen-bond acceptors (Lipinski definition) is 5. The van der Waals surface area contributed by atoms with Gasteiger partial charge < -0.3 is 9.84 Å². The summed E-state index contributed by atoms with van der Waals surface area (Å²) in [6.45, 7) is 1.14.